The van der Waals surface area contributed by atoms with Crippen LogP contribution in [0.25, 0.3) is 10.9 Å². The van der Waals surface area contributed by atoms with Gasteiger partial charge in [-0.1, -0.05) is 18.2 Å². The minimum Gasteiger partial charge on any atom is -0.478 e. The van der Waals surface area contributed by atoms with Crippen molar-refractivity contribution in [3.05, 3.63) is 63.7 Å². The lowest BCUT2D eigenvalue weighted by Gasteiger charge is -2.09. The highest BCUT2D eigenvalue weighted by atomic mass is 127. The number of benzene rings is 2. The first-order valence-corrected chi connectivity index (χ1v) is 7.37. The maximum Gasteiger partial charge on any atom is 0.336 e. The zero-order valence-corrected chi connectivity index (χ0v) is 13.0. The molecule has 2 N–H and O–H groups in total. The van der Waals surface area contributed by atoms with E-state index in [0.717, 1.165) is 9.26 Å². The first kappa shape index (κ1) is 13.8. The van der Waals surface area contributed by atoms with Crippen LogP contribution >= 0.6 is 22.6 Å². The molecule has 1 heterocycles. The summed E-state index contributed by atoms with van der Waals surface area (Å²) in [6.07, 6.45) is 0. The summed E-state index contributed by atoms with van der Waals surface area (Å²) in [5, 5.41) is 13.1. The van der Waals surface area contributed by atoms with Crippen LogP contribution in [0.3, 0.4) is 0 Å². The molecule has 3 rings (SSSR count). The summed E-state index contributed by atoms with van der Waals surface area (Å²) in [6.45, 7) is 0. The molecule has 0 aliphatic rings. The summed E-state index contributed by atoms with van der Waals surface area (Å²) in [5.74, 6) is -0.255. The standard InChI is InChI=1S/C16H11IN2O2/c17-12-5-1-2-6-14(12)19-15-9-8-10-11(16(20)21)4-3-7-13(10)18-15/h1-9H,(H,18,19)(H,20,21). The van der Waals surface area contributed by atoms with Crippen LogP contribution in [0, 0.1) is 3.57 Å². The minimum absolute atomic E-state index is 0.265. The Kier molecular flexibility index (Phi) is 3.74. The molecule has 0 saturated heterocycles. The number of hydrogen-bond acceptors (Lipinski definition) is 3. The third-order valence-electron chi connectivity index (χ3n) is 3.10. The number of hydrogen-bond donors (Lipinski definition) is 2. The third-order valence-corrected chi connectivity index (χ3v) is 4.04. The molecule has 0 fully saturated rings. The second kappa shape index (κ2) is 5.69. The first-order chi connectivity index (χ1) is 10.1. The van der Waals surface area contributed by atoms with Crippen LogP contribution in [0.2, 0.25) is 0 Å². The number of rotatable bonds is 3. The van der Waals surface area contributed by atoms with Gasteiger partial charge in [-0.3, -0.25) is 0 Å². The van der Waals surface area contributed by atoms with Crippen LogP contribution in [0.5, 0.6) is 0 Å². The Hall–Kier alpha value is -2.15. The van der Waals surface area contributed by atoms with Gasteiger partial charge in [-0.05, 0) is 59.0 Å². The number of anilines is 2. The molecule has 2 aromatic carbocycles. The molecule has 0 radical (unpaired) electrons. The molecule has 3 aromatic rings. The van der Waals surface area contributed by atoms with E-state index in [2.05, 4.69) is 32.9 Å². The summed E-state index contributed by atoms with van der Waals surface area (Å²) in [7, 11) is 0. The van der Waals surface area contributed by atoms with Gasteiger partial charge in [-0.25, -0.2) is 9.78 Å². The van der Waals surface area contributed by atoms with Gasteiger partial charge < -0.3 is 10.4 Å². The number of aromatic carboxylic acids is 1. The van der Waals surface area contributed by atoms with Crippen molar-refractivity contribution in [2.45, 2.75) is 0 Å². The van der Waals surface area contributed by atoms with Gasteiger partial charge in [-0.2, -0.15) is 0 Å². The van der Waals surface area contributed by atoms with Crippen LogP contribution in [0.4, 0.5) is 11.5 Å². The zero-order chi connectivity index (χ0) is 14.8. The number of nitrogens with one attached hydrogen (secondary N) is 1. The number of carbonyl (C=O) groups is 1. The number of nitrogens with zero attached hydrogens (tertiary/aromatic N) is 1. The van der Waals surface area contributed by atoms with Crippen molar-refractivity contribution < 1.29 is 9.90 Å². The van der Waals surface area contributed by atoms with Crippen molar-refractivity contribution in [2.24, 2.45) is 0 Å². The average molecular weight is 390 g/mol. The van der Waals surface area contributed by atoms with Gasteiger partial charge in [0.05, 0.1) is 16.8 Å². The molecule has 0 spiro atoms. The molecular formula is C16H11IN2O2. The molecule has 0 aliphatic heterocycles. The summed E-state index contributed by atoms with van der Waals surface area (Å²) in [5.41, 5.74) is 1.89. The Bertz CT molecular complexity index is 833. The van der Waals surface area contributed by atoms with E-state index in [4.69, 9.17) is 0 Å². The average Bonchev–Trinajstić information content (AvgIpc) is 2.48. The Morgan fingerprint density at radius 1 is 1.05 bits per heavy atom. The van der Waals surface area contributed by atoms with E-state index in [-0.39, 0.29) is 5.56 Å². The largest absolute Gasteiger partial charge is 0.478 e. The van der Waals surface area contributed by atoms with Crippen molar-refractivity contribution in [1.82, 2.24) is 4.98 Å². The Morgan fingerprint density at radius 3 is 2.62 bits per heavy atom. The number of carboxylic acids is 1. The molecule has 0 amide bonds. The van der Waals surface area contributed by atoms with Gasteiger partial charge in [-0.15, -0.1) is 0 Å². The summed E-state index contributed by atoms with van der Waals surface area (Å²) in [6, 6.07) is 16.6. The number of pyridine rings is 1. The van der Waals surface area contributed by atoms with E-state index in [1.165, 1.54) is 0 Å². The van der Waals surface area contributed by atoms with Crippen LogP contribution < -0.4 is 5.32 Å². The molecule has 1 aromatic heterocycles. The smallest absolute Gasteiger partial charge is 0.336 e. The molecule has 0 aliphatic carbocycles. The molecular weight excluding hydrogens is 379 g/mol. The van der Waals surface area contributed by atoms with Crippen LogP contribution in [0.1, 0.15) is 10.4 Å². The van der Waals surface area contributed by atoms with Gasteiger partial charge in [0.15, 0.2) is 0 Å². The lowest BCUT2D eigenvalue weighted by atomic mass is 10.1. The number of halogens is 1. The van der Waals surface area contributed by atoms with Gasteiger partial charge in [0.25, 0.3) is 0 Å². The zero-order valence-electron chi connectivity index (χ0n) is 10.9. The topological polar surface area (TPSA) is 62.2 Å². The fourth-order valence-corrected chi connectivity index (χ4v) is 2.63. The summed E-state index contributed by atoms with van der Waals surface area (Å²) >= 11 is 2.25. The van der Waals surface area contributed by atoms with E-state index in [0.29, 0.717) is 16.7 Å². The van der Waals surface area contributed by atoms with Crippen molar-refractivity contribution in [3.8, 4) is 0 Å². The van der Waals surface area contributed by atoms with E-state index >= 15 is 0 Å². The molecule has 0 atom stereocenters. The van der Waals surface area contributed by atoms with Crippen LogP contribution in [0.15, 0.2) is 54.6 Å². The maximum absolute atomic E-state index is 11.2. The number of para-hydroxylation sites is 1. The molecule has 0 unspecified atom stereocenters. The molecule has 21 heavy (non-hydrogen) atoms. The van der Waals surface area contributed by atoms with Crippen molar-refractivity contribution >= 4 is 51.0 Å². The predicted octanol–water partition coefficient (Wildman–Crippen LogP) is 4.28. The second-order valence-corrected chi connectivity index (χ2v) is 5.64. The van der Waals surface area contributed by atoms with Gasteiger partial charge >= 0.3 is 5.97 Å². The normalized spacial score (nSPS) is 10.5. The SMILES string of the molecule is O=C(O)c1cccc2nc(Nc3ccccc3I)ccc12. The quantitative estimate of drug-likeness (QED) is 0.656. The van der Waals surface area contributed by atoms with E-state index < -0.39 is 5.97 Å². The van der Waals surface area contributed by atoms with Crippen LogP contribution in [-0.4, -0.2) is 16.1 Å². The maximum atomic E-state index is 11.2. The Balaban J connectivity index is 2.03. The fraction of sp³-hybridized carbons (Fsp3) is 0. The highest BCUT2D eigenvalue weighted by Crippen LogP contribution is 2.24. The molecule has 5 heteroatoms. The molecule has 0 bridgehead atoms. The minimum atomic E-state index is -0.944. The predicted molar refractivity (Wildman–Crippen MR) is 91.1 cm³/mol. The highest BCUT2D eigenvalue weighted by Gasteiger charge is 2.09. The molecule has 104 valence electrons. The van der Waals surface area contributed by atoms with Crippen molar-refractivity contribution in [2.75, 3.05) is 5.32 Å². The third kappa shape index (κ3) is 2.82. The van der Waals surface area contributed by atoms with E-state index in [1.54, 1.807) is 24.3 Å². The number of carboxylic acid groups (broad SMARTS) is 1. The monoisotopic (exact) mass is 390 g/mol. The number of fused-ring (bicyclic) bond motifs is 1. The van der Waals surface area contributed by atoms with Gasteiger partial charge in [0.2, 0.25) is 0 Å². The Morgan fingerprint density at radius 2 is 1.86 bits per heavy atom. The van der Waals surface area contributed by atoms with Crippen LogP contribution in [-0.2, 0) is 0 Å². The number of aromatic nitrogens is 1. The summed E-state index contributed by atoms with van der Waals surface area (Å²) < 4.78 is 1.09. The van der Waals surface area contributed by atoms with Crippen molar-refractivity contribution in [3.63, 3.8) is 0 Å². The Labute approximate surface area is 135 Å². The second-order valence-electron chi connectivity index (χ2n) is 4.48. The van der Waals surface area contributed by atoms with Crippen molar-refractivity contribution in [1.29, 1.82) is 0 Å². The van der Waals surface area contributed by atoms with E-state index in [1.807, 2.05) is 30.3 Å². The van der Waals surface area contributed by atoms with Gasteiger partial charge in [0, 0.05) is 8.96 Å². The first-order valence-electron chi connectivity index (χ1n) is 6.30. The molecule has 0 saturated carbocycles. The van der Waals surface area contributed by atoms with E-state index in [9.17, 15) is 9.90 Å². The molecule has 4 nitrogen and oxygen atoms in total. The fourth-order valence-electron chi connectivity index (χ4n) is 2.11. The summed E-state index contributed by atoms with van der Waals surface area (Å²) in [4.78, 5) is 15.7. The lowest BCUT2D eigenvalue weighted by molar-refractivity contribution is 0.0699. The lowest BCUT2D eigenvalue weighted by Crippen LogP contribution is -2.00. The highest BCUT2D eigenvalue weighted by molar-refractivity contribution is 14.1. The van der Waals surface area contributed by atoms with Gasteiger partial charge in [0.1, 0.15) is 5.82 Å².